The van der Waals surface area contributed by atoms with E-state index < -0.39 is 0 Å². The van der Waals surface area contributed by atoms with Crippen LogP contribution in [-0.4, -0.2) is 42.1 Å². The van der Waals surface area contributed by atoms with Crippen LogP contribution in [0, 0.1) is 0 Å². The molecule has 2 fully saturated rings. The van der Waals surface area contributed by atoms with E-state index in [1.54, 1.807) is 6.20 Å². The quantitative estimate of drug-likeness (QED) is 0.779. The van der Waals surface area contributed by atoms with E-state index >= 15 is 0 Å². The van der Waals surface area contributed by atoms with E-state index in [0.717, 1.165) is 30.6 Å². The van der Waals surface area contributed by atoms with Crippen molar-refractivity contribution in [2.45, 2.75) is 31.3 Å². The molecule has 0 spiro atoms. The molecule has 3 heterocycles. The Hall–Kier alpha value is -1.55. The van der Waals surface area contributed by atoms with Crippen molar-refractivity contribution in [2.24, 2.45) is 0 Å². The van der Waals surface area contributed by atoms with Gasteiger partial charge in [-0.1, -0.05) is 6.58 Å². The number of fused-ring (bicyclic) bond motifs is 2. The van der Waals surface area contributed by atoms with Crippen molar-refractivity contribution in [3.63, 3.8) is 0 Å². The lowest BCUT2D eigenvalue weighted by atomic mass is 10.1. The van der Waals surface area contributed by atoms with Gasteiger partial charge in [0.25, 0.3) is 0 Å². The number of nitrogens with zero attached hydrogens (tertiary/aromatic N) is 3. The molecule has 1 aromatic heterocycles. The number of likely N-dealkylation sites (N-methyl/N-ethyl adjacent to an activating group) is 1. The van der Waals surface area contributed by atoms with Gasteiger partial charge in [-0.3, -0.25) is 9.88 Å². The standard InChI is InChI=1S/C15H21N3O/c1-3-19-15-8-14(9-16-10-15)18-7-6-12-4-5-13(11-18)17(12)2/h3,8-10,12-13H,1,4-7,11H2,2H3. The molecule has 2 bridgehead atoms. The van der Waals surface area contributed by atoms with Gasteiger partial charge in [0.1, 0.15) is 5.75 Å². The summed E-state index contributed by atoms with van der Waals surface area (Å²) in [5.74, 6) is 0.760. The third-order valence-electron chi connectivity index (χ3n) is 4.43. The Labute approximate surface area is 114 Å². The smallest absolute Gasteiger partial charge is 0.146 e. The molecule has 0 aromatic carbocycles. The maximum Gasteiger partial charge on any atom is 0.146 e. The molecular weight excluding hydrogens is 238 g/mol. The molecule has 2 saturated heterocycles. The Balaban J connectivity index is 1.78. The Morgan fingerprint density at radius 1 is 1.32 bits per heavy atom. The van der Waals surface area contributed by atoms with E-state index in [0.29, 0.717) is 6.04 Å². The van der Waals surface area contributed by atoms with Crippen molar-refractivity contribution in [3.05, 3.63) is 31.3 Å². The van der Waals surface area contributed by atoms with E-state index in [1.165, 1.54) is 25.5 Å². The van der Waals surface area contributed by atoms with Gasteiger partial charge in [-0.15, -0.1) is 0 Å². The average Bonchev–Trinajstić information content (AvgIpc) is 2.64. The van der Waals surface area contributed by atoms with Crippen LogP contribution in [0.3, 0.4) is 0 Å². The third-order valence-corrected chi connectivity index (χ3v) is 4.43. The van der Waals surface area contributed by atoms with E-state index in [-0.39, 0.29) is 0 Å². The summed E-state index contributed by atoms with van der Waals surface area (Å²) in [5, 5.41) is 0. The highest BCUT2D eigenvalue weighted by Crippen LogP contribution is 2.31. The molecule has 2 aliphatic rings. The van der Waals surface area contributed by atoms with Gasteiger partial charge in [0.2, 0.25) is 0 Å². The fourth-order valence-electron chi connectivity index (χ4n) is 3.28. The maximum absolute atomic E-state index is 5.32. The second-order valence-corrected chi connectivity index (χ2v) is 5.45. The van der Waals surface area contributed by atoms with Crippen LogP contribution >= 0.6 is 0 Å². The first-order valence-corrected chi connectivity index (χ1v) is 6.97. The number of anilines is 1. The number of aromatic nitrogens is 1. The maximum atomic E-state index is 5.32. The summed E-state index contributed by atoms with van der Waals surface area (Å²) >= 11 is 0. The predicted molar refractivity (Wildman–Crippen MR) is 76.5 cm³/mol. The monoisotopic (exact) mass is 259 g/mol. The fraction of sp³-hybridized carbons (Fsp3) is 0.533. The molecule has 3 rings (SSSR count). The van der Waals surface area contributed by atoms with E-state index in [1.807, 2.05) is 12.3 Å². The highest BCUT2D eigenvalue weighted by atomic mass is 16.5. The molecule has 0 radical (unpaired) electrons. The SMILES string of the molecule is C=COc1cncc(N2CCC3CCC(C2)N3C)c1. The molecule has 0 amide bonds. The van der Waals surface area contributed by atoms with Crippen molar-refractivity contribution in [2.75, 3.05) is 25.0 Å². The zero-order valence-corrected chi connectivity index (χ0v) is 11.5. The fourth-order valence-corrected chi connectivity index (χ4v) is 3.28. The second-order valence-electron chi connectivity index (χ2n) is 5.45. The zero-order chi connectivity index (χ0) is 13.2. The van der Waals surface area contributed by atoms with Gasteiger partial charge >= 0.3 is 0 Å². The van der Waals surface area contributed by atoms with Gasteiger partial charge in [0.05, 0.1) is 24.3 Å². The molecule has 2 atom stereocenters. The minimum absolute atomic E-state index is 0.677. The number of hydrogen-bond donors (Lipinski definition) is 0. The van der Waals surface area contributed by atoms with Crippen LogP contribution in [0.25, 0.3) is 0 Å². The van der Waals surface area contributed by atoms with Gasteiger partial charge in [0, 0.05) is 31.2 Å². The Bertz CT molecular complexity index is 462. The van der Waals surface area contributed by atoms with Crippen LogP contribution in [0.2, 0.25) is 0 Å². The van der Waals surface area contributed by atoms with Crippen molar-refractivity contribution in [1.29, 1.82) is 0 Å². The second kappa shape index (κ2) is 5.21. The van der Waals surface area contributed by atoms with E-state index in [9.17, 15) is 0 Å². The van der Waals surface area contributed by atoms with Gasteiger partial charge in [-0.25, -0.2) is 0 Å². The van der Waals surface area contributed by atoms with Crippen molar-refractivity contribution < 1.29 is 4.74 Å². The first kappa shape index (κ1) is 12.5. The van der Waals surface area contributed by atoms with Crippen LogP contribution in [0.4, 0.5) is 5.69 Å². The lowest BCUT2D eigenvalue weighted by Crippen LogP contribution is -2.36. The lowest BCUT2D eigenvalue weighted by Gasteiger charge is -2.27. The van der Waals surface area contributed by atoms with E-state index in [4.69, 9.17) is 4.74 Å². The summed E-state index contributed by atoms with van der Waals surface area (Å²) < 4.78 is 5.32. The van der Waals surface area contributed by atoms with Crippen molar-refractivity contribution >= 4 is 5.69 Å². The van der Waals surface area contributed by atoms with Crippen molar-refractivity contribution in [3.8, 4) is 5.75 Å². The van der Waals surface area contributed by atoms with Gasteiger partial charge in [0.15, 0.2) is 0 Å². The number of rotatable bonds is 3. The highest BCUT2D eigenvalue weighted by Gasteiger charge is 2.34. The summed E-state index contributed by atoms with van der Waals surface area (Å²) in [7, 11) is 2.27. The minimum atomic E-state index is 0.677. The first-order chi connectivity index (χ1) is 9.28. The lowest BCUT2D eigenvalue weighted by molar-refractivity contribution is 0.254. The minimum Gasteiger partial charge on any atom is -0.464 e. The normalized spacial score (nSPS) is 27.1. The number of ether oxygens (including phenoxy) is 1. The molecule has 102 valence electrons. The summed E-state index contributed by atoms with van der Waals surface area (Å²) in [5.41, 5.74) is 1.15. The molecule has 2 aliphatic heterocycles. The molecule has 19 heavy (non-hydrogen) atoms. The van der Waals surface area contributed by atoms with Crippen LogP contribution in [-0.2, 0) is 0 Å². The Morgan fingerprint density at radius 2 is 2.16 bits per heavy atom. The van der Waals surface area contributed by atoms with Crippen molar-refractivity contribution in [1.82, 2.24) is 9.88 Å². The zero-order valence-electron chi connectivity index (χ0n) is 11.5. The molecule has 0 aliphatic carbocycles. The first-order valence-electron chi connectivity index (χ1n) is 6.97. The van der Waals surface area contributed by atoms with Crippen LogP contribution in [0.5, 0.6) is 5.75 Å². The van der Waals surface area contributed by atoms with Crippen LogP contribution in [0.1, 0.15) is 19.3 Å². The molecule has 4 heteroatoms. The molecule has 4 nitrogen and oxygen atoms in total. The highest BCUT2D eigenvalue weighted by molar-refractivity contribution is 5.48. The summed E-state index contributed by atoms with van der Waals surface area (Å²) in [6.07, 6.45) is 9.00. The van der Waals surface area contributed by atoms with Gasteiger partial charge < -0.3 is 9.64 Å². The Kier molecular flexibility index (Phi) is 3.42. The summed E-state index contributed by atoms with van der Waals surface area (Å²) in [6, 6.07) is 3.49. The van der Waals surface area contributed by atoms with Crippen LogP contribution < -0.4 is 9.64 Å². The predicted octanol–water partition coefficient (Wildman–Crippen LogP) is 2.28. The number of pyridine rings is 1. The molecule has 1 aromatic rings. The third kappa shape index (κ3) is 2.45. The van der Waals surface area contributed by atoms with Crippen LogP contribution in [0.15, 0.2) is 31.3 Å². The largest absolute Gasteiger partial charge is 0.464 e. The molecule has 0 saturated carbocycles. The number of hydrogen-bond acceptors (Lipinski definition) is 4. The van der Waals surface area contributed by atoms with E-state index in [2.05, 4.69) is 28.4 Å². The average molecular weight is 259 g/mol. The van der Waals surface area contributed by atoms with Gasteiger partial charge in [-0.05, 0) is 26.3 Å². The Morgan fingerprint density at radius 3 is 3.00 bits per heavy atom. The van der Waals surface area contributed by atoms with Gasteiger partial charge in [-0.2, -0.15) is 0 Å². The molecule has 2 unspecified atom stereocenters. The molecule has 0 N–H and O–H groups in total. The molecular formula is C15H21N3O. The summed E-state index contributed by atoms with van der Waals surface area (Å²) in [6.45, 7) is 5.78. The topological polar surface area (TPSA) is 28.6 Å². The summed E-state index contributed by atoms with van der Waals surface area (Å²) in [4.78, 5) is 9.25.